The SMILES string of the molecule is Clc1ccc2c(c1)N=CC21CCCC1. The van der Waals surface area contributed by atoms with E-state index in [2.05, 4.69) is 17.3 Å². The lowest BCUT2D eigenvalue weighted by atomic mass is 9.81. The molecule has 0 radical (unpaired) electrons. The Hall–Kier alpha value is -0.820. The third kappa shape index (κ3) is 1.05. The molecule has 1 aliphatic heterocycles. The first kappa shape index (κ1) is 8.49. The summed E-state index contributed by atoms with van der Waals surface area (Å²) < 4.78 is 0. The van der Waals surface area contributed by atoms with Crippen LogP contribution in [0.2, 0.25) is 5.02 Å². The summed E-state index contributed by atoms with van der Waals surface area (Å²) in [7, 11) is 0. The fourth-order valence-electron chi connectivity index (χ4n) is 2.70. The van der Waals surface area contributed by atoms with E-state index >= 15 is 0 Å². The van der Waals surface area contributed by atoms with Crippen LogP contribution in [-0.4, -0.2) is 6.21 Å². The molecule has 1 fully saturated rings. The zero-order valence-electron chi connectivity index (χ0n) is 7.96. The molecule has 1 aromatic rings. The number of hydrogen-bond acceptors (Lipinski definition) is 1. The van der Waals surface area contributed by atoms with Gasteiger partial charge in [0.1, 0.15) is 0 Å². The maximum Gasteiger partial charge on any atom is 0.0682 e. The average Bonchev–Trinajstić information content (AvgIpc) is 2.77. The number of hydrogen-bond donors (Lipinski definition) is 0. The predicted octanol–water partition coefficient (Wildman–Crippen LogP) is 3.87. The van der Waals surface area contributed by atoms with Gasteiger partial charge in [-0.25, -0.2) is 0 Å². The van der Waals surface area contributed by atoms with E-state index in [9.17, 15) is 0 Å². The van der Waals surface area contributed by atoms with E-state index in [1.54, 1.807) is 0 Å². The Bertz CT molecular complexity index is 403. The van der Waals surface area contributed by atoms with Crippen LogP contribution in [0.1, 0.15) is 31.2 Å². The molecule has 0 atom stereocenters. The quantitative estimate of drug-likeness (QED) is 0.610. The van der Waals surface area contributed by atoms with Crippen molar-refractivity contribution in [3.05, 3.63) is 28.8 Å². The van der Waals surface area contributed by atoms with Crippen LogP contribution in [-0.2, 0) is 5.41 Å². The van der Waals surface area contributed by atoms with Crippen molar-refractivity contribution in [2.75, 3.05) is 0 Å². The van der Waals surface area contributed by atoms with Crippen LogP contribution in [0.5, 0.6) is 0 Å². The fraction of sp³-hybridized carbons (Fsp3) is 0.417. The molecule has 1 heterocycles. The highest BCUT2D eigenvalue weighted by atomic mass is 35.5. The second-order valence-electron chi connectivity index (χ2n) is 4.28. The minimum atomic E-state index is 0.264. The second-order valence-corrected chi connectivity index (χ2v) is 4.72. The highest BCUT2D eigenvalue weighted by Crippen LogP contribution is 2.47. The van der Waals surface area contributed by atoms with Crippen LogP contribution in [0.4, 0.5) is 5.69 Å². The van der Waals surface area contributed by atoms with E-state index in [1.807, 2.05) is 12.1 Å². The highest BCUT2D eigenvalue weighted by molar-refractivity contribution is 6.30. The van der Waals surface area contributed by atoms with Gasteiger partial charge in [0.05, 0.1) is 5.69 Å². The van der Waals surface area contributed by atoms with Crippen LogP contribution in [0, 0.1) is 0 Å². The van der Waals surface area contributed by atoms with Gasteiger partial charge in [0, 0.05) is 16.7 Å². The Labute approximate surface area is 88.8 Å². The van der Waals surface area contributed by atoms with Crippen molar-refractivity contribution in [2.45, 2.75) is 31.1 Å². The first-order valence-electron chi connectivity index (χ1n) is 5.15. The van der Waals surface area contributed by atoms with Gasteiger partial charge in [-0.2, -0.15) is 0 Å². The maximum atomic E-state index is 5.94. The molecule has 1 nitrogen and oxygen atoms in total. The molecule has 1 aromatic carbocycles. The van der Waals surface area contributed by atoms with Gasteiger partial charge in [0.25, 0.3) is 0 Å². The summed E-state index contributed by atoms with van der Waals surface area (Å²) in [6, 6.07) is 6.10. The first-order valence-corrected chi connectivity index (χ1v) is 5.53. The molecule has 1 saturated carbocycles. The molecule has 1 aliphatic carbocycles. The average molecular weight is 206 g/mol. The molecule has 0 aromatic heterocycles. The van der Waals surface area contributed by atoms with Gasteiger partial charge in [0.2, 0.25) is 0 Å². The maximum absolute atomic E-state index is 5.94. The standard InChI is InChI=1S/C12H12ClN/c13-9-3-4-10-11(7-9)14-8-12(10)5-1-2-6-12/h3-4,7-8H,1-2,5-6H2. The molecular weight excluding hydrogens is 194 g/mol. The van der Waals surface area contributed by atoms with Crippen LogP contribution in [0.15, 0.2) is 23.2 Å². The summed E-state index contributed by atoms with van der Waals surface area (Å²) in [5.41, 5.74) is 2.73. The van der Waals surface area contributed by atoms with Crippen molar-refractivity contribution >= 4 is 23.5 Å². The third-order valence-electron chi connectivity index (χ3n) is 3.44. The third-order valence-corrected chi connectivity index (χ3v) is 3.68. The van der Waals surface area contributed by atoms with Crippen molar-refractivity contribution in [1.29, 1.82) is 0 Å². The van der Waals surface area contributed by atoms with E-state index in [-0.39, 0.29) is 5.41 Å². The van der Waals surface area contributed by atoms with Gasteiger partial charge in [-0.15, -0.1) is 0 Å². The molecule has 0 N–H and O–H groups in total. The van der Waals surface area contributed by atoms with Crippen molar-refractivity contribution in [3.8, 4) is 0 Å². The molecule has 14 heavy (non-hydrogen) atoms. The summed E-state index contributed by atoms with van der Waals surface area (Å²) in [6.45, 7) is 0. The monoisotopic (exact) mass is 205 g/mol. The summed E-state index contributed by atoms with van der Waals surface area (Å²) in [5, 5.41) is 0.788. The summed E-state index contributed by atoms with van der Waals surface area (Å²) in [4.78, 5) is 4.49. The van der Waals surface area contributed by atoms with Crippen LogP contribution in [0.3, 0.4) is 0 Å². The highest BCUT2D eigenvalue weighted by Gasteiger charge is 2.38. The lowest BCUT2D eigenvalue weighted by Gasteiger charge is -2.20. The first-order chi connectivity index (χ1) is 6.80. The summed E-state index contributed by atoms with van der Waals surface area (Å²) >= 11 is 5.94. The van der Waals surface area contributed by atoms with E-state index in [1.165, 1.54) is 31.2 Å². The summed E-state index contributed by atoms with van der Waals surface area (Å²) in [6.07, 6.45) is 7.30. The molecule has 0 unspecified atom stereocenters. The minimum absolute atomic E-state index is 0.264. The van der Waals surface area contributed by atoms with Gasteiger partial charge in [-0.05, 0) is 30.5 Å². The number of benzene rings is 1. The predicted molar refractivity (Wildman–Crippen MR) is 59.8 cm³/mol. The van der Waals surface area contributed by atoms with E-state index < -0.39 is 0 Å². The Morgan fingerprint density at radius 3 is 2.79 bits per heavy atom. The molecular formula is C12H12ClN. The van der Waals surface area contributed by atoms with Crippen LogP contribution in [0.25, 0.3) is 0 Å². The number of nitrogens with zero attached hydrogens (tertiary/aromatic N) is 1. The Kier molecular flexibility index (Phi) is 1.72. The Morgan fingerprint density at radius 2 is 2.00 bits per heavy atom. The van der Waals surface area contributed by atoms with Crippen molar-refractivity contribution in [1.82, 2.24) is 0 Å². The number of fused-ring (bicyclic) bond motifs is 2. The number of halogens is 1. The molecule has 2 aliphatic rings. The second kappa shape index (κ2) is 2.83. The number of aliphatic imine (C=N–C) groups is 1. The lowest BCUT2D eigenvalue weighted by Crippen LogP contribution is -2.20. The largest absolute Gasteiger partial charge is 0.260 e. The Balaban J connectivity index is 2.14. The van der Waals surface area contributed by atoms with Gasteiger partial charge >= 0.3 is 0 Å². The fourth-order valence-corrected chi connectivity index (χ4v) is 2.87. The van der Waals surface area contributed by atoms with Gasteiger partial charge in [-0.1, -0.05) is 30.5 Å². The van der Waals surface area contributed by atoms with Crippen molar-refractivity contribution in [2.24, 2.45) is 4.99 Å². The van der Waals surface area contributed by atoms with E-state index in [4.69, 9.17) is 11.6 Å². The molecule has 0 amide bonds. The number of rotatable bonds is 0. The summed E-state index contributed by atoms with van der Waals surface area (Å²) in [5.74, 6) is 0. The normalized spacial score (nSPS) is 21.8. The topological polar surface area (TPSA) is 12.4 Å². The van der Waals surface area contributed by atoms with Crippen LogP contribution >= 0.6 is 11.6 Å². The molecule has 2 heteroatoms. The zero-order chi connectivity index (χ0) is 9.60. The molecule has 72 valence electrons. The Morgan fingerprint density at radius 1 is 1.21 bits per heavy atom. The molecule has 0 saturated heterocycles. The molecule has 0 bridgehead atoms. The van der Waals surface area contributed by atoms with E-state index in [0.717, 1.165) is 10.7 Å². The zero-order valence-corrected chi connectivity index (χ0v) is 8.72. The molecule has 1 spiro atoms. The van der Waals surface area contributed by atoms with Gasteiger partial charge < -0.3 is 0 Å². The van der Waals surface area contributed by atoms with E-state index in [0.29, 0.717) is 0 Å². The van der Waals surface area contributed by atoms with Crippen molar-refractivity contribution in [3.63, 3.8) is 0 Å². The lowest BCUT2D eigenvalue weighted by molar-refractivity contribution is 0.625. The van der Waals surface area contributed by atoms with Gasteiger partial charge in [-0.3, -0.25) is 4.99 Å². The van der Waals surface area contributed by atoms with Gasteiger partial charge in [0.15, 0.2) is 0 Å². The van der Waals surface area contributed by atoms with Crippen LogP contribution < -0.4 is 0 Å². The smallest absolute Gasteiger partial charge is 0.0682 e. The van der Waals surface area contributed by atoms with Crippen molar-refractivity contribution < 1.29 is 0 Å². The minimum Gasteiger partial charge on any atom is -0.260 e. The molecule has 3 rings (SSSR count).